The van der Waals surface area contributed by atoms with Crippen molar-refractivity contribution in [1.82, 2.24) is 4.98 Å². The summed E-state index contributed by atoms with van der Waals surface area (Å²) in [5.41, 5.74) is 3.31. The highest BCUT2D eigenvalue weighted by Crippen LogP contribution is 2.41. The molecule has 6 nitrogen and oxygen atoms in total. The van der Waals surface area contributed by atoms with E-state index in [1.807, 2.05) is 32.0 Å². The second kappa shape index (κ2) is 9.51. The van der Waals surface area contributed by atoms with Gasteiger partial charge in [-0.15, -0.1) is 0 Å². The molecule has 1 aromatic heterocycles. The van der Waals surface area contributed by atoms with Gasteiger partial charge in [0.25, 0.3) is 11.7 Å². The molecular formula is C28H28N2O4. The first-order valence-corrected chi connectivity index (χ1v) is 11.3. The van der Waals surface area contributed by atoms with Crippen LogP contribution in [0, 0.1) is 19.8 Å². The van der Waals surface area contributed by atoms with Gasteiger partial charge in [0.2, 0.25) is 0 Å². The second-order valence-electron chi connectivity index (χ2n) is 8.95. The van der Waals surface area contributed by atoms with Gasteiger partial charge in [0, 0.05) is 17.4 Å². The van der Waals surface area contributed by atoms with Gasteiger partial charge in [-0.3, -0.25) is 19.5 Å². The fraction of sp³-hybridized carbons (Fsp3) is 0.250. The van der Waals surface area contributed by atoms with Crippen LogP contribution in [-0.2, 0) is 9.59 Å². The van der Waals surface area contributed by atoms with Crippen LogP contribution in [-0.4, -0.2) is 28.4 Å². The number of hydrogen-bond acceptors (Lipinski definition) is 5. The molecule has 1 amide bonds. The Balaban J connectivity index is 1.84. The summed E-state index contributed by atoms with van der Waals surface area (Å²) in [6, 6.07) is 17.1. The number of pyridine rings is 1. The van der Waals surface area contributed by atoms with E-state index in [9.17, 15) is 14.7 Å². The van der Waals surface area contributed by atoms with Crippen LogP contribution in [0.3, 0.4) is 0 Å². The lowest BCUT2D eigenvalue weighted by Gasteiger charge is -2.25. The predicted octanol–water partition coefficient (Wildman–Crippen LogP) is 5.36. The number of ketones is 1. The summed E-state index contributed by atoms with van der Waals surface area (Å²) in [6.45, 7) is 8.52. The highest BCUT2D eigenvalue weighted by atomic mass is 16.5. The Morgan fingerprint density at radius 3 is 2.50 bits per heavy atom. The van der Waals surface area contributed by atoms with Crippen LogP contribution in [0.1, 0.15) is 42.3 Å². The van der Waals surface area contributed by atoms with Crippen molar-refractivity contribution in [3.63, 3.8) is 0 Å². The van der Waals surface area contributed by atoms with Gasteiger partial charge in [0.15, 0.2) is 0 Å². The van der Waals surface area contributed by atoms with E-state index in [4.69, 9.17) is 4.74 Å². The maximum absolute atomic E-state index is 13.2. The highest BCUT2D eigenvalue weighted by Gasteiger charge is 2.47. The smallest absolute Gasteiger partial charge is 0.300 e. The van der Waals surface area contributed by atoms with Gasteiger partial charge in [-0.05, 0) is 73.4 Å². The monoisotopic (exact) mass is 456 g/mol. The zero-order valence-electron chi connectivity index (χ0n) is 19.8. The number of nitrogens with zero attached hydrogens (tertiary/aromatic N) is 2. The number of amides is 1. The van der Waals surface area contributed by atoms with Crippen LogP contribution in [0.5, 0.6) is 5.75 Å². The zero-order valence-corrected chi connectivity index (χ0v) is 19.8. The van der Waals surface area contributed by atoms with Gasteiger partial charge in [0.1, 0.15) is 17.6 Å². The van der Waals surface area contributed by atoms with Crippen LogP contribution >= 0.6 is 0 Å². The van der Waals surface area contributed by atoms with Gasteiger partial charge in [-0.2, -0.15) is 0 Å². The minimum absolute atomic E-state index is 0.0143. The number of hydrogen-bond donors (Lipinski definition) is 1. The molecule has 6 heteroatoms. The van der Waals surface area contributed by atoms with Crippen LogP contribution in [0.15, 0.2) is 72.4 Å². The first kappa shape index (κ1) is 23.2. The normalized spacial score (nSPS) is 17.4. The number of anilines is 1. The number of benzene rings is 2. The van der Waals surface area contributed by atoms with Crippen molar-refractivity contribution in [3.8, 4) is 5.75 Å². The molecule has 1 fully saturated rings. The highest BCUT2D eigenvalue weighted by molar-refractivity contribution is 6.51. The number of Topliss-reactive ketones (excluding diaryl/α,β-unsaturated/α-hetero) is 1. The molecule has 1 saturated heterocycles. The van der Waals surface area contributed by atoms with Crippen molar-refractivity contribution in [2.75, 3.05) is 11.5 Å². The molecule has 1 atom stereocenters. The van der Waals surface area contributed by atoms with E-state index in [0.717, 1.165) is 11.1 Å². The van der Waals surface area contributed by atoms with Crippen molar-refractivity contribution in [1.29, 1.82) is 0 Å². The molecule has 2 aromatic carbocycles. The lowest BCUT2D eigenvalue weighted by molar-refractivity contribution is -0.132. The molecule has 1 N–H and O–H groups in total. The molecule has 0 spiro atoms. The van der Waals surface area contributed by atoms with Gasteiger partial charge in [0.05, 0.1) is 17.9 Å². The molecule has 1 aliphatic rings. The molecule has 2 heterocycles. The van der Waals surface area contributed by atoms with Crippen molar-refractivity contribution >= 4 is 23.1 Å². The number of ether oxygens (including phenoxy) is 1. The Morgan fingerprint density at radius 1 is 1.06 bits per heavy atom. The second-order valence-corrected chi connectivity index (χ2v) is 8.95. The third-order valence-corrected chi connectivity index (χ3v) is 5.71. The number of carbonyl (C=O) groups is 2. The van der Waals surface area contributed by atoms with Gasteiger partial charge in [-0.25, -0.2) is 0 Å². The molecule has 0 radical (unpaired) electrons. The Morgan fingerprint density at radius 2 is 1.85 bits per heavy atom. The van der Waals surface area contributed by atoms with Crippen LogP contribution < -0.4 is 9.64 Å². The fourth-order valence-corrected chi connectivity index (χ4v) is 4.06. The lowest BCUT2D eigenvalue weighted by Crippen LogP contribution is -2.29. The Kier molecular flexibility index (Phi) is 6.50. The van der Waals surface area contributed by atoms with Crippen molar-refractivity contribution in [2.45, 2.75) is 33.7 Å². The number of aliphatic hydroxyl groups excluding tert-OH is 1. The fourth-order valence-electron chi connectivity index (χ4n) is 4.06. The number of aromatic nitrogens is 1. The van der Waals surface area contributed by atoms with Gasteiger partial charge < -0.3 is 9.84 Å². The molecule has 3 aromatic rings. The van der Waals surface area contributed by atoms with Gasteiger partial charge >= 0.3 is 0 Å². The Hall–Kier alpha value is -3.93. The molecule has 4 rings (SSSR count). The largest absolute Gasteiger partial charge is 0.507 e. The van der Waals surface area contributed by atoms with E-state index in [1.165, 1.54) is 4.90 Å². The Labute approximate surface area is 199 Å². The first-order valence-electron chi connectivity index (χ1n) is 11.3. The summed E-state index contributed by atoms with van der Waals surface area (Å²) < 4.78 is 5.84. The maximum atomic E-state index is 13.2. The zero-order chi connectivity index (χ0) is 24.4. The van der Waals surface area contributed by atoms with E-state index in [1.54, 1.807) is 48.7 Å². The maximum Gasteiger partial charge on any atom is 0.300 e. The van der Waals surface area contributed by atoms with E-state index >= 15 is 0 Å². The standard InChI is InChI=1S/C28H28N2O4/c1-17(2)16-34-23-12-11-20(15-19(23)4)26(31)24-25(22-10-5-6-13-29-22)30(28(33)27(24)32)21-9-7-8-18(3)14-21/h5-15,17,25,31H,16H2,1-4H3/b26-24-. The lowest BCUT2D eigenvalue weighted by atomic mass is 9.97. The topological polar surface area (TPSA) is 79.7 Å². The quantitative estimate of drug-likeness (QED) is 0.307. The Bertz CT molecular complexity index is 1260. The molecule has 0 saturated carbocycles. The first-order chi connectivity index (χ1) is 16.3. The predicted molar refractivity (Wildman–Crippen MR) is 132 cm³/mol. The van der Waals surface area contributed by atoms with Crippen molar-refractivity contribution < 1.29 is 19.4 Å². The van der Waals surface area contributed by atoms with E-state index in [2.05, 4.69) is 18.8 Å². The van der Waals surface area contributed by atoms with E-state index in [0.29, 0.717) is 35.2 Å². The molecule has 34 heavy (non-hydrogen) atoms. The molecular weight excluding hydrogens is 428 g/mol. The molecule has 1 aliphatic heterocycles. The molecule has 0 aliphatic carbocycles. The third-order valence-electron chi connectivity index (χ3n) is 5.71. The summed E-state index contributed by atoms with van der Waals surface area (Å²) in [4.78, 5) is 32.3. The third kappa shape index (κ3) is 4.44. The minimum atomic E-state index is -0.847. The number of carbonyl (C=O) groups excluding carboxylic acids is 2. The average molecular weight is 457 g/mol. The molecule has 0 bridgehead atoms. The average Bonchev–Trinajstić information content (AvgIpc) is 3.08. The minimum Gasteiger partial charge on any atom is -0.507 e. The summed E-state index contributed by atoms with van der Waals surface area (Å²) >= 11 is 0. The summed E-state index contributed by atoms with van der Waals surface area (Å²) in [5, 5.41) is 11.3. The van der Waals surface area contributed by atoms with E-state index in [-0.39, 0.29) is 11.3 Å². The van der Waals surface area contributed by atoms with E-state index < -0.39 is 17.7 Å². The number of aliphatic hydroxyl groups is 1. The number of rotatable bonds is 6. The SMILES string of the molecule is Cc1cccc(N2C(=O)C(=O)/C(=C(\O)c3ccc(OCC(C)C)c(C)c3)C2c2ccccn2)c1. The number of aryl methyl sites for hydroxylation is 2. The van der Waals surface area contributed by atoms with Crippen LogP contribution in [0.4, 0.5) is 5.69 Å². The van der Waals surface area contributed by atoms with Crippen LogP contribution in [0.2, 0.25) is 0 Å². The molecule has 174 valence electrons. The van der Waals surface area contributed by atoms with Crippen molar-refractivity contribution in [3.05, 3.63) is 94.8 Å². The summed E-state index contributed by atoms with van der Waals surface area (Å²) in [5.74, 6) is -0.582. The molecule has 1 unspecified atom stereocenters. The van der Waals surface area contributed by atoms with Crippen LogP contribution in [0.25, 0.3) is 5.76 Å². The van der Waals surface area contributed by atoms with Crippen molar-refractivity contribution in [2.24, 2.45) is 5.92 Å². The van der Waals surface area contributed by atoms with Gasteiger partial charge in [-0.1, -0.05) is 32.0 Å². The summed E-state index contributed by atoms with van der Waals surface area (Å²) in [6.07, 6.45) is 1.61. The summed E-state index contributed by atoms with van der Waals surface area (Å²) in [7, 11) is 0.